The molecule has 1 aromatic rings. The molecule has 15 heteroatoms. The van der Waals surface area contributed by atoms with Crippen LogP contribution in [0.4, 0.5) is 57.1 Å². The van der Waals surface area contributed by atoms with Crippen molar-refractivity contribution in [2.24, 2.45) is 5.92 Å². The quantitative estimate of drug-likeness (QED) is 0.423. The zero-order valence-corrected chi connectivity index (χ0v) is 15.5. The molecule has 0 aliphatic rings. The Morgan fingerprint density at radius 1 is 0.750 bits per heavy atom. The fraction of sp³-hybridized carbons (Fsp3) is 0.588. The number of halogens is 13. The van der Waals surface area contributed by atoms with E-state index in [2.05, 4.69) is 0 Å². The average molecular weight is 496 g/mol. The standard InChI is InChI=1S/C17H13F13O2/c1-8(31)10(11(32)9-5-3-2-4-6-9)7-12(18,19)13(20,21)14(22,23)15(24,25)16(26,27)17(28,29)30/h2-6,10-11,32H,7H2,1H3. The fourth-order valence-corrected chi connectivity index (χ4v) is 2.57. The summed E-state index contributed by atoms with van der Waals surface area (Å²) < 4.78 is 171. The second kappa shape index (κ2) is 8.37. The molecule has 0 saturated carbocycles. The van der Waals surface area contributed by atoms with Gasteiger partial charge in [-0.05, 0) is 12.5 Å². The molecule has 2 atom stereocenters. The van der Waals surface area contributed by atoms with Gasteiger partial charge in [-0.3, -0.25) is 4.79 Å². The third-order valence-electron chi connectivity index (χ3n) is 4.52. The first-order valence-corrected chi connectivity index (χ1v) is 8.25. The molecular formula is C17H13F13O2. The van der Waals surface area contributed by atoms with Crippen LogP contribution in [0.3, 0.4) is 0 Å². The highest BCUT2D eigenvalue weighted by Crippen LogP contribution is 2.61. The summed E-state index contributed by atoms with van der Waals surface area (Å²) in [5.74, 6) is -41.9. The van der Waals surface area contributed by atoms with Crippen molar-refractivity contribution in [3.05, 3.63) is 35.9 Å². The molecule has 32 heavy (non-hydrogen) atoms. The first-order chi connectivity index (χ1) is 14.1. The molecule has 0 fully saturated rings. The summed E-state index contributed by atoms with van der Waals surface area (Å²) in [6, 6.07) is 5.66. The van der Waals surface area contributed by atoms with Crippen molar-refractivity contribution in [2.45, 2.75) is 55.2 Å². The highest BCUT2D eigenvalue weighted by Gasteiger charge is 2.90. The van der Waals surface area contributed by atoms with Gasteiger partial charge in [-0.1, -0.05) is 30.3 Å². The van der Waals surface area contributed by atoms with E-state index in [0.29, 0.717) is 6.92 Å². The second-order valence-corrected chi connectivity index (χ2v) is 6.78. The number of benzene rings is 1. The lowest BCUT2D eigenvalue weighted by molar-refractivity contribution is -0.440. The molecule has 0 aliphatic carbocycles. The third-order valence-corrected chi connectivity index (χ3v) is 4.52. The Kier molecular flexibility index (Phi) is 7.32. The van der Waals surface area contributed by atoms with Crippen LogP contribution in [-0.4, -0.2) is 46.7 Å². The average Bonchev–Trinajstić information content (AvgIpc) is 2.64. The van der Waals surface area contributed by atoms with Gasteiger partial charge in [0.1, 0.15) is 5.78 Å². The van der Waals surface area contributed by atoms with E-state index in [1.807, 2.05) is 0 Å². The predicted molar refractivity (Wildman–Crippen MR) is 81.0 cm³/mol. The Hall–Kier alpha value is -2.06. The molecule has 1 N–H and O–H groups in total. The number of carbonyl (C=O) groups is 1. The molecule has 0 spiro atoms. The molecular weight excluding hydrogens is 483 g/mol. The Morgan fingerprint density at radius 2 is 1.16 bits per heavy atom. The molecule has 2 unspecified atom stereocenters. The molecule has 0 aromatic heterocycles. The van der Waals surface area contributed by atoms with E-state index in [9.17, 15) is 67.0 Å². The van der Waals surface area contributed by atoms with Crippen LogP contribution in [0.1, 0.15) is 25.0 Å². The Balaban J connectivity index is 3.44. The zero-order valence-electron chi connectivity index (χ0n) is 15.5. The lowest BCUT2D eigenvalue weighted by Gasteiger charge is -2.40. The van der Waals surface area contributed by atoms with Crippen LogP contribution in [0, 0.1) is 5.92 Å². The molecule has 0 bridgehead atoms. The van der Waals surface area contributed by atoms with Crippen LogP contribution >= 0.6 is 0 Å². The minimum Gasteiger partial charge on any atom is -0.388 e. The number of aliphatic hydroxyl groups excluding tert-OH is 1. The van der Waals surface area contributed by atoms with Gasteiger partial charge in [0.15, 0.2) is 0 Å². The van der Waals surface area contributed by atoms with Gasteiger partial charge in [0, 0.05) is 6.42 Å². The van der Waals surface area contributed by atoms with Crippen LogP contribution in [0.2, 0.25) is 0 Å². The van der Waals surface area contributed by atoms with E-state index in [-0.39, 0.29) is 5.56 Å². The molecule has 1 aromatic carbocycles. The third kappa shape index (κ3) is 4.39. The van der Waals surface area contributed by atoms with Gasteiger partial charge in [0.2, 0.25) is 0 Å². The number of carbonyl (C=O) groups excluding carboxylic acids is 1. The maximum atomic E-state index is 14.0. The van der Waals surface area contributed by atoms with Crippen molar-refractivity contribution >= 4 is 5.78 Å². The van der Waals surface area contributed by atoms with E-state index >= 15 is 0 Å². The Labute approximate surface area is 171 Å². The normalized spacial score (nSPS) is 16.6. The number of Topliss-reactive ketones (excluding diaryl/α,β-unsaturated/α-hetero) is 1. The summed E-state index contributed by atoms with van der Waals surface area (Å²) in [6.07, 6.45) is -12.6. The first-order valence-electron chi connectivity index (χ1n) is 8.25. The number of ketones is 1. The van der Waals surface area contributed by atoms with E-state index in [0.717, 1.165) is 12.1 Å². The molecule has 1 rings (SSSR count). The van der Waals surface area contributed by atoms with Gasteiger partial charge in [-0.25, -0.2) is 0 Å². The molecule has 0 heterocycles. The van der Waals surface area contributed by atoms with E-state index in [4.69, 9.17) is 0 Å². The van der Waals surface area contributed by atoms with Gasteiger partial charge >= 0.3 is 35.8 Å². The minimum absolute atomic E-state index is 0.368. The predicted octanol–water partition coefficient (Wildman–Crippen LogP) is 6.05. The van der Waals surface area contributed by atoms with Crippen molar-refractivity contribution in [1.29, 1.82) is 0 Å². The van der Waals surface area contributed by atoms with Crippen molar-refractivity contribution in [2.75, 3.05) is 0 Å². The van der Waals surface area contributed by atoms with Crippen molar-refractivity contribution in [3.63, 3.8) is 0 Å². The Morgan fingerprint density at radius 3 is 1.53 bits per heavy atom. The number of rotatable bonds is 9. The monoisotopic (exact) mass is 496 g/mol. The van der Waals surface area contributed by atoms with Gasteiger partial charge in [-0.2, -0.15) is 57.1 Å². The summed E-state index contributed by atoms with van der Waals surface area (Å²) in [5, 5.41) is 9.97. The number of alkyl halides is 13. The van der Waals surface area contributed by atoms with Crippen molar-refractivity contribution in [3.8, 4) is 0 Å². The van der Waals surface area contributed by atoms with Gasteiger partial charge in [0.25, 0.3) is 0 Å². The number of hydrogen-bond donors (Lipinski definition) is 1. The zero-order chi connectivity index (χ0) is 25.6. The van der Waals surface area contributed by atoms with Gasteiger partial charge in [-0.15, -0.1) is 0 Å². The molecule has 2 nitrogen and oxygen atoms in total. The topological polar surface area (TPSA) is 37.3 Å². The van der Waals surface area contributed by atoms with Crippen molar-refractivity contribution < 1.29 is 67.0 Å². The number of hydrogen-bond acceptors (Lipinski definition) is 2. The summed E-state index contributed by atoms with van der Waals surface area (Å²) in [5.41, 5.74) is -0.368. The molecule has 184 valence electrons. The summed E-state index contributed by atoms with van der Waals surface area (Å²) in [6.45, 7) is 0.440. The van der Waals surface area contributed by atoms with Crippen LogP contribution in [0.25, 0.3) is 0 Å². The SMILES string of the molecule is CC(=O)C(CC(F)(F)C(F)(F)C(F)(F)C(F)(F)C(F)(F)C(F)(F)F)C(O)c1ccccc1. The van der Waals surface area contributed by atoms with E-state index in [1.54, 1.807) is 0 Å². The first kappa shape index (κ1) is 28.0. The second-order valence-electron chi connectivity index (χ2n) is 6.78. The largest absolute Gasteiger partial charge is 0.460 e. The molecule has 0 radical (unpaired) electrons. The maximum Gasteiger partial charge on any atom is 0.460 e. The lowest BCUT2D eigenvalue weighted by Crippen LogP contribution is -2.70. The highest BCUT2D eigenvalue weighted by atomic mass is 19.4. The fourth-order valence-electron chi connectivity index (χ4n) is 2.57. The van der Waals surface area contributed by atoms with Gasteiger partial charge in [0.05, 0.1) is 12.0 Å². The lowest BCUT2D eigenvalue weighted by atomic mass is 9.83. The van der Waals surface area contributed by atoms with Crippen LogP contribution in [0.15, 0.2) is 30.3 Å². The van der Waals surface area contributed by atoms with Crippen molar-refractivity contribution in [1.82, 2.24) is 0 Å². The highest BCUT2D eigenvalue weighted by molar-refractivity contribution is 5.79. The minimum atomic E-state index is -8.02. The van der Waals surface area contributed by atoms with E-state index in [1.165, 1.54) is 18.2 Å². The molecule has 0 aliphatic heterocycles. The van der Waals surface area contributed by atoms with Crippen LogP contribution in [-0.2, 0) is 4.79 Å². The Bertz CT molecular complexity index is 802. The summed E-state index contributed by atoms with van der Waals surface area (Å²) in [4.78, 5) is 11.6. The van der Waals surface area contributed by atoms with E-state index < -0.39 is 60.0 Å². The van der Waals surface area contributed by atoms with Crippen LogP contribution in [0.5, 0.6) is 0 Å². The molecule has 0 saturated heterocycles. The maximum absolute atomic E-state index is 14.0. The summed E-state index contributed by atoms with van der Waals surface area (Å²) in [7, 11) is 0. The number of aliphatic hydroxyl groups is 1. The smallest absolute Gasteiger partial charge is 0.388 e. The summed E-state index contributed by atoms with van der Waals surface area (Å²) >= 11 is 0. The van der Waals surface area contributed by atoms with Crippen LogP contribution < -0.4 is 0 Å². The van der Waals surface area contributed by atoms with Gasteiger partial charge < -0.3 is 5.11 Å². The molecule has 0 amide bonds.